The molecular weight excluding hydrogens is 448 g/mol. The number of pyridine rings is 2. The van der Waals surface area contributed by atoms with E-state index < -0.39 is 11.6 Å². The first kappa shape index (κ1) is 22.0. The van der Waals surface area contributed by atoms with Crippen molar-refractivity contribution in [2.24, 2.45) is 0 Å². The van der Waals surface area contributed by atoms with E-state index in [1.165, 1.54) is 23.8 Å². The molecule has 1 aromatic carbocycles. The molecule has 33 heavy (non-hydrogen) atoms. The van der Waals surface area contributed by atoms with Crippen LogP contribution in [-0.2, 0) is 6.42 Å². The van der Waals surface area contributed by atoms with Crippen LogP contribution in [0.25, 0.3) is 0 Å². The minimum Gasteiger partial charge on any atom is -0.436 e. The van der Waals surface area contributed by atoms with Crippen LogP contribution in [0.1, 0.15) is 32.2 Å². The molecule has 0 atom stereocenters. The van der Waals surface area contributed by atoms with Gasteiger partial charge >= 0.3 is 0 Å². The molecule has 10 heteroatoms. The van der Waals surface area contributed by atoms with Crippen LogP contribution < -0.4 is 10.1 Å². The molecule has 3 aromatic heterocycles. The summed E-state index contributed by atoms with van der Waals surface area (Å²) in [6, 6.07) is 11.3. The largest absolute Gasteiger partial charge is 0.436 e. The molecule has 0 saturated carbocycles. The number of amides is 1. The van der Waals surface area contributed by atoms with E-state index >= 15 is 0 Å². The lowest BCUT2D eigenvalue weighted by molar-refractivity contribution is 0.102. The number of carbonyl (C=O) groups excluding carboxylic acids is 1. The number of aromatic nitrogens is 3. The molecule has 1 N–H and O–H groups in total. The molecule has 4 aromatic rings. The number of hydrogen-bond donors (Lipinski definition) is 1. The molecular formula is C23H15F2N5O2S. The Morgan fingerprint density at radius 3 is 2.76 bits per heavy atom. The average Bonchev–Trinajstić information content (AvgIpc) is 3.17. The van der Waals surface area contributed by atoms with Crippen molar-refractivity contribution in [2.75, 3.05) is 5.32 Å². The van der Waals surface area contributed by atoms with Crippen LogP contribution >= 0.6 is 11.5 Å². The summed E-state index contributed by atoms with van der Waals surface area (Å²) < 4.78 is 36.4. The summed E-state index contributed by atoms with van der Waals surface area (Å²) in [4.78, 5) is 21.9. The highest BCUT2D eigenvalue weighted by atomic mass is 32.1. The maximum atomic E-state index is 13.7. The molecule has 1 amide bonds. The second kappa shape index (κ2) is 9.50. The van der Waals surface area contributed by atoms with Gasteiger partial charge < -0.3 is 10.1 Å². The van der Waals surface area contributed by atoms with E-state index in [1.54, 1.807) is 31.3 Å². The molecule has 0 radical (unpaired) electrons. The number of nitrogens with zero attached hydrogens (tertiary/aromatic N) is 4. The van der Waals surface area contributed by atoms with Crippen LogP contribution in [-0.4, -0.2) is 20.2 Å². The van der Waals surface area contributed by atoms with Crippen molar-refractivity contribution in [2.45, 2.75) is 13.3 Å². The predicted molar refractivity (Wildman–Crippen MR) is 117 cm³/mol. The standard InChI is InChI=1S/C23H15F2N5O2S/c1-13-22(20(33-30-13)10-17-8-14(11-26)6-7-27-17)23(31)29-16-3-5-21(28-12-16)32-19-4-2-15(24)9-18(19)25/h2-9,12H,10H2,1H3,(H,29,31). The zero-order valence-corrected chi connectivity index (χ0v) is 18.0. The molecule has 0 fully saturated rings. The molecule has 0 saturated heterocycles. The molecule has 0 unspecified atom stereocenters. The number of hydrogen-bond acceptors (Lipinski definition) is 7. The fourth-order valence-corrected chi connectivity index (χ4v) is 3.90. The maximum Gasteiger partial charge on any atom is 0.258 e. The van der Waals surface area contributed by atoms with E-state index in [4.69, 9.17) is 10.00 Å². The highest BCUT2D eigenvalue weighted by molar-refractivity contribution is 7.06. The minimum atomic E-state index is -0.850. The van der Waals surface area contributed by atoms with E-state index in [-0.39, 0.29) is 17.5 Å². The third kappa shape index (κ3) is 5.16. The van der Waals surface area contributed by atoms with Crippen LogP contribution in [0.3, 0.4) is 0 Å². The number of nitriles is 1. The first-order chi connectivity index (χ1) is 15.9. The highest BCUT2D eigenvalue weighted by Gasteiger charge is 2.19. The van der Waals surface area contributed by atoms with Gasteiger partial charge in [0.25, 0.3) is 5.91 Å². The minimum absolute atomic E-state index is 0.0797. The summed E-state index contributed by atoms with van der Waals surface area (Å²) in [5, 5.41) is 11.8. The lowest BCUT2D eigenvalue weighted by atomic mass is 10.1. The summed E-state index contributed by atoms with van der Waals surface area (Å²) >= 11 is 1.20. The van der Waals surface area contributed by atoms with Crippen LogP contribution in [0.15, 0.2) is 54.9 Å². The summed E-state index contributed by atoms with van der Waals surface area (Å²) in [6.07, 6.45) is 3.27. The van der Waals surface area contributed by atoms with E-state index in [9.17, 15) is 13.6 Å². The molecule has 0 spiro atoms. The Morgan fingerprint density at radius 2 is 2.03 bits per heavy atom. The molecule has 3 heterocycles. The summed E-state index contributed by atoms with van der Waals surface area (Å²) in [5.41, 5.74) is 2.54. The van der Waals surface area contributed by atoms with Gasteiger partial charge in [0.05, 0.1) is 34.8 Å². The Balaban J connectivity index is 1.47. The number of rotatable bonds is 6. The third-order valence-electron chi connectivity index (χ3n) is 4.55. The molecule has 0 aliphatic carbocycles. The second-order valence-electron chi connectivity index (χ2n) is 6.91. The van der Waals surface area contributed by atoms with Crippen LogP contribution in [0.2, 0.25) is 0 Å². The Bertz CT molecular complexity index is 1370. The molecule has 4 rings (SSSR count). The summed E-state index contributed by atoms with van der Waals surface area (Å²) in [5.74, 6) is -2.02. The number of nitrogens with one attached hydrogen (secondary N) is 1. The van der Waals surface area contributed by atoms with Crippen molar-refractivity contribution in [3.63, 3.8) is 0 Å². The number of halogens is 2. The van der Waals surface area contributed by atoms with Gasteiger partial charge in [0.15, 0.2) is 11.6 Å². The normalized spacial score (nSPS) is 10.5. The van der Waals surface area contributed by atoms with Gasteiger partial charge in [-0.1, -0.05) is 0 Å². The van der Waals surface area contributed by atoms with Gasteiger partial charge in [0.1, 0.15) is 5.82 Å². The molecule has 0 aliphatic rings. The Kier molecular flexibility index (Phi) is 6.33. The van der Waals surface area contributed by atoms with Gasteiger partial charge in [0.2, 0.25) is 5.88 Å². The fraction of sp³-hybridized carbons (Fsp3) is 0.0870. The number of anilines is 1. The van der Waals surface area contributed by atoms with Gasteiger partial charge in [-0.2, -0.15) is 9.64 Å². The zero-order valence-electron chi connectivity index (χ0n) is 17.2. The predicted octanol–water partition coefficient (Wildman–Crippen LogP) is 5.03. The van der Waals surface area contributed by atoms with Gasteiger partial charge in [-0.3, -0.25) is 9.78 Å². The third-order valence-corrected chi connectivity index (χ3v) is 5.48. The van der Waals surface area contributed by atoms with Gasteiger partial charge in [-0.05, 0) is 48.8 Å². The molecule has 164 valence electrons. The number of aryl methyl sites for hydroxylation is 1. The second-order valence-corrected chi connectivity index (χ2v) is 7.76. The first-order valence-corrected chi connectivity index (χ1v) is 10.4. The highest BCUT2D eigenvalue weighted by Crippen LogP contribution is 2.26. The Hall–Kier alpha value is -4.23. The zero-order chi connectivity index (χ0) is 23.4. The van der Waals surface area contributed by atoms with Crippen LogP contribution in [0.5, 0.6) is 11.6 Å². The van der Waals surface area contributed by atoms with Crippen molar-refractivity contribution in [3.05, 3.63) is 93.9 Å². The van der Waals surface area contributed by atoms with Crippen molar-refractivity contribution < 1.29 is 18.3 Å². The van der Waals surface area contributed by atoms with Crippen molar-refractivity contribution in [1.29, 1.82) is 5.26 Å². The first-order valence-electron chi connectivity index (χ1n) is 9.63. The quantitative estimate of drug-likeness (QED) is 0.431. The molecule has 0 aliphatic heterocycles. The lowest BCUT2D eigenvalue weighted by Gasteiger charge is -2.09. The summed E-state index contributed by atoms with van der Waals surface area (Å²) in [7, 11) is 0. The van der Waals surface area contributed by atoms with Crippen LogP contribution in [0.4, 0.5) is 14.5 Å². The average molecular weight is 463 g/mol. The Labute approximate surface area is 191 Å². The van der Waals surface area contributed by atoms with Crippen LogP contribution in [0, 0.1) is 29.9 Å². The van der Waals surface area contributed by atoms with Crippen molar-refractivity contribution in [3.8, 4) is 17.7 Å². The van der Waals surface area contributed by atoms with Crippen molar-refractivity contribution >= 4 is 23.1 Å². The van der Waals surface area contributed by atoms with E-state index in [2.05, 4.69) is 25.7 Å². The number of carbonyl (C=O) groups is 1. The fourth-order valence-electron chi connectivity index (χ4n) is 3.02. The Morgan fingerprint density at radius 1 is 1.18 bits per heavy atom. The van der Waals surface area contributed by atoms with Gasteiger partial charge in [0, 0.05) is 35.3 Å². The molecule has 0 bridgehead atoms. The van der Waals surface area contributed by atoms with E-state index in [0.717, 1.165) is 12.1 Å². The van der Waals surface area contributed by atoms with E-state index in [1.807, 2.05) is 0 Å². The SMILES string of the molecule is Cc1nsc(Cc2cc(C#N)ccn2)c1C(=O)Nc1ccc(Oc2ccc(F)cc2F)nc1. The maximum absolute atomic E-state index is 13.7. The topological polar surface area (TPSA) is 101 Å². The summed E-state index contributed by atoms with van der Waals surface area (Å²) in [6.45, 7) is 1.74. The van der Waals surface area contributed by atoms with Crippen molar-refractivity contribution in [1.82, 2.24) is 14.3 Å². The molecule has 7 nitrogen and oxygen atoms in total. The number of benzene rings is 1. The lowest BCUT2D eigenvalue weighted by Crippen LogP contribution is -2.14. The van der Waals surface area contributed by atoms with Gasteiger partial charge in [-0.15, -0.1) is 0 Å². The van der Waals surface area contributed by atoms with E-state index in [0.29, 0.717) is 45.6 Å². The monoisotopic (exact) mass is 463 g/mol. The smallest absolute Gasteiger partial charge is 0.258 e. The number of ether oxygens (including phenoxy) is 1. The van der Waals surface area contributed by atoms with Gasteiger partial charge in [-0.25, -0.2) is 13.8 Å².